The number of likely N-dealkylation sites (N-methyl/N-ethyl adjacent to an activating group) is 1. The number of nitrogens with zero attached hydrogens (tertiary/aromatic N) is 3. The van der Waals surface area contributed by atoms with E-state index in [9.17, 15) is 10.1 Å². The monoisotopic (exact) mass is 554 g/mol. The van der Waals surface area contributed by atoms with Crippen molar-refractivity contribution in [3.8, 4) is 11.8 Å². The van der Waals surface area contributed by atoms with Gasteiger partial charge in [0.2, 0.25) is 5.91 Å². The largest absolute Gasteiger partial charge is 0.492 e. The Morgan fingerprint density at radius 2 is 1.93 bits per heavy atom. The van der Waals surface area contributed by atoms with E-state index in [0.717, 1.165) is 11.3 Å². The zero-order chi connectivity index (χ0) is 28.5. The maximum atomic E-state index is 12.6. The molecule has 9 heteroatoms. The van der Waals surface area contributed by atoms with Gasteiger partial charge in [0.05, 0.1) is 39.8 Å². The fourth-order valence-electron chi connectivity index (χ4n) is 4.03. The van der Waals surface area contributed by atoms with Gasteiger partial charge < -0.3 is 25.6 Å². The number of hydrogen-bond acceptors (Lipinski definition) is 7. The van der Waals surface area contributed by atoms with E-state index in [1.165, 1.54) is 12.3 Å². The Morgan fingerprint density at radius 3 is 2.62 bits per heavy atom. The van der Waals surface area contributed by atoms with Crippen LogP contribution in [0.1, 0.15) is 18.1 Å². The van der Waals surface area contributed by atoms with Gasteiger partial charge in [-0.15, -0.1) is 0 Å². The number of fused-ring (bicyclic) bond motifs is 1. The number of ether oxygens (including phenoxy) is 1. The zero-order valence-electron chi connectivity index (χ0n) is 22.7. The number of carbonyl (C=O) groups excluding carboxylic acids is 1. The number of benzene rings is 3. The van der Waals surface area contributed by atoms with Crippen LogP contribution in [0.25, 0.3) is 10.9 Å². The minimum Gasteiger partial charge on any atom is -0.492 e. The fourth-order valence-corrected chi connectivity index (χ4v) is 4.28. The third kappa shape index (κ3) is 7.29. The summed E-state index contributed by atoms with van der Waals surface area (Å²) in [5.74, 6) is 0.204. The number of nitriles is 1. The van der Waals surface area contributed by atoms with Crippen molar-refractivity contribution in [2.75, 3.05) is 43.2 Å². The lowest BCUT2D eigenvalue weighted by Gasteiger charge is -2.16. The first-order chi connectivity index (χ1) is 19.4. The third-order valence-electron chi connectivity index (χ3n) is 5.95. The first-order valence-electron chi connectivity index (χ1n) is 12.8. The summed E-state index contributed by atoms with van der Waals surface area (Å²) in [6.07, 6.45) is 4.78. The van der Waals surface area contributed by atoms with E-state index in [4.69, 9.17) is 16.3 Å². The topological polar surface area (TPSA) is 102 Å². The average molecular weight is 555 g/mol. The summed E-state index contributed by atoms with van der Waals surface area (Å²) in [4.78, 5) is 19.0. The molecule has 0 saturated heterocycles. The average Bonchev–Trinajstić information content (AvgIpc) is 2.94. The van der Waals surface area contributed by atoms with E-state index in [1.807, 2.05) is 68.4 Å². The van der Waals surface area contributed by atoms with E-state index < -0.39 is 0 Å². The molecule has 0 bridgehead atoms. The molecule has 0 saturated carbocycles. The minimum atomic E-state index is -0.286. The molecule has 3 aromatic carbocycles. The first kappa shape index (κ1) is 28.4. The second kappa shape index (κ2) is 13.5. The highest BCUT2D eigenvalue weighted by atomic mass is 35.5. The van der Waals surface area contributed by atoms with Gasteiger partial charge in [-0.1, -0.05) is 48.0 Å². The summed E-state index contributed by atoms with van der Waals surface area (Å²) in [7, 11) is 3.85. The van der Waals surface area contributed by atoms with Crippen LogP contribution in [-0.4, -0.2) is 43.0 Å². The van der Waals surface area contributed by atoms with E-state index >= 15 is 0 Å². The van der Waals surface area contributed by atoms with Crippen molar-refractivity contribution in [2.24, 2.45) is 0 Å². The van der Waals surface area contributed by atoms with Gasteiger partial charge in [-0.3, -0.25) is 9.78 Å². The summed E-state index contributed by atoms with van der Waals surface area (Å²) < 4.78 is 5.79. The van der Waals surface area contributed by atoms with E-state index in [2.05, 4.69) is 27.0 Å². The normalized spacial score (nSPS) is 11.0. The molecule has 0 atom stereocenters. The van der Waals surface area contributed by atoms with Crippen molar-refractivity contribution >= 4 is 51.2 Å². The van der Waals surface area contributed by atoms with Crippen LogP contribution in [0.3, 0.4) is 0 Å². The number of anilines is 4. The quantitative estimate of drug-likeness (QED) is 0.180. The molecule has 0 aliphatic heterocycles. The van der Waals surface area contributed by atoms with Crippen molar-refractivity contribution in [1.82, 2.24) is 9.88 Å². The predicted octanol–water partition coefficient (Wildman–Crippen LogP) is 6.57. The molecule has 0 unspecified atom stereocenters. The molecule has 1 aromatic heterocycles. The Hall–Kier alpha value is -4.58. The second-order valence-electron chi connectivity index (χ2n) is 9.27. The van der Waals surface area contributed by atoms with Gasteiger partial charge in [-0.25, -0.2) is 0 Å². The molecule has 1 amide bonds. The number of carbonyl (C=O) groups is 1. The summed E-state index contributed by atoms with van der Waals surface area (Å²) in [5, 5.41) is 20.6. The lowest BCUT2D eigenvalue weighted by atomic mass is 10.1. The Kier molecular flexibility index (Phi) is 9.57. The second-order valence-corrected chi connectivity index (χ2v) is 9.68. The third-order valence-corrected chi connectivity index (χ3v) is 6.26. The molecule has 0 aliphatic carbocycles. The standard InChI is InChI=1S/C31H31ClN6O2/c1-4-40-29-17-27-24(16-28(29)37-30(39)11-8-14-38(2)3)31(22(18-33)20-35-27)36-23-12-13-26(25(32)15-23)34-19-21-9-6-5-7-10-21/h5-13,15-17,20,34H,4,14,19H2,1-3H3,(H,35,36)(H,37,39)/b11-8+. The van der Waals surface area contributed by atoms with Crippen molar-refractivity contribution in [2.45, 2.75) is 13.5 Å². The molecule has 0 fully saturated rings. The number of aromatic nitrogens is 1. The fraction of sp³-hybridized carbons (Fsp3) is 0.194. The number of halogens is 1. The molecule has 4 rings (SSSR count). The molecule has 204 valence electrons. The lowest BCUT2D eigenvalue weighted by Crippen LogP contribution is -2.13. The van der Waals surface area contributed by atoms with Crippen LogP contribution >= 0.6 is 11.6 Å². The van der Waals surface area contributed by atoms with Gasteiger partial charge in [0, 0.05) is 42.5 Å². The molecule has 4 aromatic rings. The van der Waals surface area contributed by atoms with E-state index in [-0.39, 0.29) is 5.91 Å². The van der Waals surface area contributed by atoms with Gasteiger partial charge in [-0.05, 0) is 50.8 Å². The molecule has 0 radical (unpaired) electrons. The van der Waals surface area contributed by atoms with Crippen molar-refractivity contribution < 1.29 is 9.53 Å². The molecular weight excluding hydrogens is 524 g/mol. The highest BCUT2D eigenvalue weighted by Gasteiger charge is 2.16. The SMILES string of the molecule is CCOc1cc2ncc(C#N)c(Nc3ccc(NCc4ccccc4)c(Cl)c3)c2cc1NC(=O)/C=C/CN(C)C. The zero-order valence-corrected chi connectivity index (χ0v) is 23.4. The van der Waals surface area contributed by atoms with Crippen LogP contribution in [0.2, 0.25) is 5.02 Å². The predicted molar refractivity (Wildman–Crippen MR) is 162 cm³/mol. The number of rotatable bonds is 11. The highest BCUT2D eigenvalue weighted by molar-refractivity contribution is 6.33. The summed E-state index contributed by atoms with van der Waals surface area (Å²) in [6, 6.07) is 21.4. The van der Waals surface area contributed by atoms with E-state index in [0.29, 0.717) is 64.0 Å². The smallest absolute Gasteiger partial charge is 0.248 e. The Bertz CT molecular complexity index is 1560. The maximum absolute atomic E-state index is 12.6. The van der Waals surface area contributed by atoms with Crippen LogP contribution in [0, 0.1) is 11.3 Å². The van der Waals surface area contributed by atoms with Crippen LogP contribution in [0.4, 0.5) is 22.7 Å². The first-order valence-corrected chi connectivity index (χ1v) is 13.2. The van der Waals surface area contributed by atoms with Gasteiger partial charge in [0.25, 0.3) is 0 Å². The highest BCUT2D eigenvalue weighted by Crippen LogP contribution is 2.37. The number of hydrogen-bond donors (Lipinski definition) is 3. The van der Waals surface area contributed by atoms with Gasteiger partial charge in [-0.2, -0.15) is 5.26 Å². The maximum Gasteiger partial charge on any atom is 0.248 e. The van der Waals surface area contributed by atoms with Crippen molar-refractivity contribution in [1.29, 1.82) is 5.26 Å². The number of nitrogens with one attached hydrogen (secondary N) is 3. The Balaban J connectivity index is 1.64. The Labute approximate surface area is 239 Å². The molecule has 40 heavy (non-hydrogen) atoms. The molecule has 3 N–H and O–H groups in total. The molecular formula is C31H31ClN6O2. The molecule has 0 aliphatic rings. The lowest BCUT2D eigenvalue weighted by molar-refractivity contribution is -0.111. The molecule has 1 heterocycles. The number of pyridine rings is 1. The van der Waals surface area contributed by atoms with Crippen molar-refractivity contribution in [3.63, 3.8) is 0 Å². The van der Waals surface area contributed by atoms with Crippen LogP contribution in [0.15, 0.2) is 79.0 Å². The molecule has 8 nitrogen and oxygen atoms in total. The van der Waals surface area contributed by atoms with Crippen LogP contribution < -0.4 is 20.7 Å². The van der Waals surface area contributed by atoms with Crippen molar-refractivity contribution in [3.05, 3.63) is 95.2 Å². The van der Waals surface area contributed by atoms with Crippen LogP contribution in [-0.2, 0) is 11.3 Å². The van der Waals surface area contributed by atoms with Gasteiger partial charge in [0.15, 0.2) is 0 Å². The summed E-state index contributed by atoms with van der Waals surface area (Å²) in [6.45, 7) is 3.56. The minimum absolute atomic E-state index is 0.286. The van der Waals surface area contributed by atoms with Crippen LogP contribution in [0.5, 0.6) is 5.75 Å². The van der Waals surface area contributed by atoms with E-state index in [1.54, 1.807) is 24.3 Å². The molecule has 0 spiro atoms. The van der Waals surface area contributed by atoms with Gasteiger partial charge >= 0.3 is 0 Å². The Morgan fingerprint density at radius 1 is 1.12 bits per heavy atom. The van der Waals surface area contributed by atoms with Gasteiger partial charge in [0.1, 0.15) is 11.8 Å². The summed E-state index contributed by atoms with van der Waals surface area (Å²) in [5.41, 5.74) is 4.63. The summed E-state index contributed by atoms with van der Waals surface area (Å²) >= 11 is 6.60. The number of amides is 1.